The van der Waals surface area contributed by atoms with E-state index >= 15 is 0 Å². The molecule has 13 heteroatoms. The Bertz CT molecular complexity index is 1020. The van der Waals surface area contributed by atoms with Crippen molar-refractivity contribution in [2.45, 2.75) is 31.0 Å². The van der Waals surface area contributed by atoms with Crippen LogP contribution in [0.5, 0.6) is 0 Å². The lowest BCUT2D eigenvalue weighted by Crippen LogP contribution is -2.44. The first-order chi connectivity index (χ1) is 13.7. The van der Waals surface area contributed by atoms with Crippen LogP contribution in [0.15, 0.2) is 25.4 Å². The molecule has 0 aromatic carbocycles. The van der Waals surface area contributed by atoms with E-state index in [2.05, 4.69) is 26.4 Å². The van der Waals surface area contributed by atoms with Crippen molar-refractivity contribution in [1.29, 1.82) is 5.26 Å². The summed E-state index contributed by atoms with van der Waals surface area (Å²) in [7, 11) is -2.79. The van der Waals surface area contributed by atoms with Crippen molar-refractivity contribution in [3.63, 3.8) is 0 Å². The fourth-order valence-corrected chi connectivity index (χ4v) is 3.79. The molecule has 1 aliphatic rings. The van der Waals surface area contributed by atoms with Crippen molar-refractivity contribution in [3.8, 4) is 6.07 Å². The minimum absolute atomic E-state index is 0.234. The average molecular weight is 425 g/mol. The highest BCUT2D eigenvalue weighted by Crippen LogP contribution is 2.46. The predicted molar refractivity (Wildman–Crippen MR) is 99.4 cm³/mol. The molecule has 1 aliphatic heterocycles. The largest absolute Gasteiger partial charge is 0.526 e. The Kier molecular flexibility index (Phi) is 5.64. The summed E-state index contributed by atoms with van der Waals surface area (Å²) in [6.45, 7) is 3.95. The van der Waals surface area contributed by atoms with Gasteiger partial charge in [0.2, 0.25) is 0 Å². The summed E-state index contributed by atoms with van der Waals surface area (Å²) in [6.07, 6.45) is -0.370. The van der Waals surface area contributed by atoms with Crippen LogP contribution in [0, 0.1) is 11.3 Å². The van der Waals surface area contributed by atoms with E-state index in [9.17, 15) is 24.9 Å². The Morgan fingerprint density at radius 3 is 2.93 bits per heavy atom. The second kappa shape index (κ2) is 7.72. The van der Waals surface area contributed by atoms with Gasteiger partial charge in [-0.15, -0.1) is 0 Å². The van der Waals surface area contributed by atoms with Crippen molar-refractivity contribution in [2.24, 2.45) is 0 Å². The maximum Gasteiger partial charge on any atom is 0.526 e. The number of phosphoric ester groups is 1. The van der Waals surface area contributed by atoms with E-state index in [1.54, 1.807) is 7.05 Å². The minimum Gasteiger partial charge on any atom is -0.413 e. The average Bonchev–Trinajstić information content (AvgIpc) is 3.15. The third-order valence-electron chi connectivity index (χ3n) is 4.58. The lowest BCUT2D eigenvalue weighted by molar-refractivity contribution is -0.0947. The molecule has 3 heterocycles. The van der Waals surface area contributed by atoms with Crippen molar-refractivity contribution in [2.75, 3.05) is 19.0 Å². The smallest absolute Gasteiger partial charge is 0.413 e. The standard InChI is InChI=1S/C16H20N5O7P/c1-4-26-29(24,25)27-7-10-12(22)16(2,23)15(28-10)21-6-9(5-17)11-13(18-3)19-8-20-14(11)21/h4,6,8,10,12,15,22-23H,1,7H2,2-3H3,(H,24,25)(H,18,19,20). The first-order valence-corrected chi connectivity index (χ1v) is 9.91. The Labute approximate surface area is 165 Å². The summed E-state index contributed by atoms with van der Waals surface area (Å²) in [5.41, 5.74) is -1.31. The van der Waals surface area contributed by atoms with Gasteiger partial charge < -0.3 is 29.4 Å². The number of hydrogen-bond donors (Lipinski definition) is 4. The molecule has 0 radical (unpaired) electrons. The van der Waals surface area contributed by atoms with Crippen LogP contribution in [0.4, 0.5) is 5.82 Å². The fraction of sp³-hybridized carbons (Fsp3) is 0.438. The molecule has 0 amide bonds. The zero-order valence-corrected chi connectivity index (χ0v) is 16.5. The molecule has 0 spiro atoms. The summed E-state index contributed by atoms with van der Waals surface area (Å²) in [5, 5.41) is 34.1. The summed E-state index contributed by atoms with van der Waals surface area (Å²) in [6, 6.07) is 2.04. The normalized spacial score (nSPS) is 28.6. The molecular weight excluding hydrogens is 405 g/mol. The number of nitrogens with one attached hydrogen (secondary N) is 1. The van der Waals surface area contributed by atoms with Gasteiger partial charge in [-0.25, -0.2) is 14.5 Å². The molecule has 5 unspecified atom stereocenters. The van der Waals surface area contributed by atoms with Crippen LogP contribution in [0.1, 0.15) is 18.7 Å². The molecule has 12 nitrogen and oxygen atoms in total. The lowest BCUT2D eigenvalue weighted by Gasteiger charge is -2.27. The maximum absolute atomic E-state index is 11.7. The van der Waals surface area contributed by atoms with Crippen molar-refractivity contribution in [3.05, 3.63) is 30.9 Å². The third-order valence-corrected chi connectivity index (χ3v) is 5.47. The Morgan fingerprint density at radius 2 is 2.31 bits per heavy atom. The Balaban J connectivity index is 1.96. The van der Waals surface area contributed by atoms with E-state index < -0.39 is 38.5 Å². The van der Waals surface area contributed by atoms with Gasteiger partial charge in [-0.2, -0.15) is 5.26 Å². The number of nitrogens with zero attached hydrogens (tertiary/aromatic N) is 4. The maximum atomic E-state index is 11.7. The number of aliphatic hydroxyl groups excluding tert-OH is 1. The zero-order chi connectivity index (χ0) is 21.4. The highest BCUT2D eigenvalue weighted by atomic mass is 31.2. The Morgan fingerprint density at radius 1 is 1.59 bits per heavy atom. The molecule has 156 valence electrons. The summed E-state index contributed by atoms with van der Waals surface area (Å²) in [5.74, 6) is 0.408. The molecule has 3 rings (SSSR count). The van der Waals surface area contributed by atoms with E-state index in [1.807, 2.05) is 6.07 Å². The molecule has 29 heavy (non-hydrogen) atoms. The molecule has 2 aromatic rings. The van der Waals surface area contributed by atoms with Crippen LogP contribution < -0.4 is 5.32 Å². The summed E-state index contributed by atoms with van der Waals surface area (Å²) >= 11 is 0. The first kappa shape index (κ1) is 21.2. The predicted octanol–water partition coefficient (Wildman–Crippen LogP) is 0.631. The van der Waals surface area contributed by atoms with Gasteiger partial charge in [0, 0.05) is 13.2 Å². The van der Waals surface area contributed by atoms with Crippen LogP contribution in [0.2, 0.25) is 0 Å². The van der Waals surface area contributed by atoms with Gasteiger partial charge in [0.25, 0.3) is 0 Å². The topological polar surface area (TPSA) is 172 Å². The van der Waals surface area contributed by atoms with Gasteiger partial charge in [-0.3, -0.25) is 9.42 Å². The van der Waals surface area contributed by atoms with E-state index in [0.29, 0.717) is 16.9 Å². The number of fused-ring (bicyclic) bond motifs is 1. The first-order valence-electron chi connectivity index (χ1n) is 8.42. The number of anilines is 1. The van der Waals surface area contributed by atoms with Gasteiger partial charge >= 0.3 is 7.82 Å². The van der Waals surface area contributed by atoms with Crippen LogP contribution >= 0.6 is 7.82 Å². The van der Waals surface area contributed by atoms with E-state index in [1.165, 1.54) is 24.0 Å². The van der Waals surface area contributed by atoms with Crippen LogP contribution in [0.3, 0.4) is 0 Å². The van der Waals surface area contributed by atoms with Gasteiger partial charge in [0.15, 0.2) is 6.23 Å². The van der Waals surface area contributed by atoms with E-state index in [4.69, 9.17) is 9.26 Å². The molecule has 2 aromatic heterocycles. The second-order valence-corrected chi connectivity index (χ2v) is 7.87. The highest BCUT2D eigenvalue weighted by molar-refractivity contribution is 7.47. The number of ether oxygens (including phenoxy) is 1. The second-order valence-electron chi connectivity index (χ2n) is 6.47. The highest BCUT2D eigenvalue weighted by Gasteiger charge is 2.54. The molecule has 0 bridgehead atoms. The van der Waals surface area contributed by atoms with Crippen molar-refractivity contribution in [1.82, 2.24) is 14.5 Å². The van der Waals surface area contributed by atoms with Crippen LogP contribution in [-0.4, -0.2) is 61.1 Å². The zero-order valence-electron chi connectivity index (χ0n) is 15.6. The quantitative estimate of drug-likeness (QED) is 0.362. The van der Waals surface area contributed by atoms with Gasteiger partial charge in [0.1, 0.15) is 41.7 Å². The SMILES string of the molecule is C=COP(=O)(O)OCC1OC(n2cc(C#N)c3c(NC)ncnc32)C(C)(O)C1O. The monoisotopic (exact) mass is 425 g/mol. The van der Waals surface area contributed by atoms with Crippen molar-refractivity contribution >= 4 is 24.7 Å². The molecule has 1 saturated heterocycles. The number of nitriles is 1. The number of aromatic nitrogens is 3. The van der Waals surface area contributed by atoms with E-state index in [-0.39, 0.29) is 5.56 Å². The van der Waals surface area contributed by atoms with Crippen LogP contribution in [-0.2, 0) is 18.3 Å². The van der Waals surface area contributed by atoms with Gasteiger partial charge in [-0.1, -0.05) is 6.58 Å². The van der Waals surface area contributed by atoms with Gasteiger partial charge in [-0.05, 0) is 6.92 Å². The lowest BCUT2D eigenvalue weighted by atomic mass is 9.96. The molecule has 0 aliphatic carbocycles. The number of aliphatic hydroxyl groups is 2. The number of phosphoric acid groups is 1. The molecule has 1 fully saturated rings. The molecule has 5 atom stereocenters. The van der Waals surface area contributed by atoms with Crippen LogP contribution in [0.25, 0.3) is 11.0 Å². The minimum atomic E-state index is -4.43. The summed E-state index contributed by atoms with van der Waals surface area (Å²) < 4.78 is 27.9. The van der Waals surface area contributed by atoms with E-state index in [0.717, 1.165) is 6.26 Å². The molecule has 4 N–H and O–H groups in total. The van der Waals surface area contributed by atoms with Gasteiger partial charge in [0.05, 0.1) is 23.8 Å². The number of hydrogen-bond acceptors (Lipinski definition) is 10. The molecule has 0 saturated carbocycles. The summed E-state index contributed by atoms with van der Waals surface area (Å²) in [4.78, 5) is 17.7. The fourth-order valence-electron chi connectivity index (χ4n) is 3.21. The Hall–Kier alpha value is -2.52. The number of rotatable bonds is 7. The third kappa shape index (κ3) is 3.72. The molecular formula is C16H20N5O7P. The van der Waals surface area contributed by atoms with Crippen molar-refractivity contribution < 1.29 is 33.5 Å².